The standard InChI is InChI=1S/C27H52O5/c1-4-6-8-9-10-11-14-24(15-12-17-28-20-25-22-30-25)27(3,32-19-7-5-2)16-13-18-29-21-26-23-31-26/h24-26H,4-23H2,1-3H3. The molecule has 5 nitrogen and oxygen atoms in total. The van der Waals surface area contributed by atoms with Crippen LogP contribution in [0, 0.1) is 5.92 Å². The lowest BCUT2D eigenvalue weighted by atomic mass is 9.78. The molecular formula is C27H52O5. The number of epoxide rings is 2. The fraction of sp³-hybridized carbons (Fsp3) is 1.00. The van der Waals surface area contributed by atoms with Crippen LogP contribution in [0.25, 0.3) is 0 Å². The highest BCUT2D eigenvalue weighted by Gasteiger charge is 2.34. The minimum Gasteiger partial charge on any atom is -0.379 e. The Labute approximate surface area is 198 Å². The molecule has 0 amide bonds. The molecule has 4 atom stereocenters. The van der Waals surface area contributed by atoms with Crippen molar-refractivity contribution in [3.63, 3.8) is 0 Å². The van der Waals surface area contributed by atoms with E-state index in [1.54, 1.807) is 0 Å². The van der Waals surface area contributed by atoms with E-state index in [0.717, 1.165) is 71.9 Å². The van der Waals surface area contributed by atoms with Crippen LogP contribution in [0.3, 0.4) is 0 Å². The highest BCUT2D eigenvalue weighted by atomic mass is 16.6. The van der Waals surface area contributed by atoms with Gasteiger partial charge in [-0.25, -0.2) is 0 Å². The Morgan fingerprint density at radius 2 is 1.28 bits per heavy atom. The second-order valence-corrected chi connectivity index (χ2v) is 10.1. The zero-order chi connectivity index (χ0) is 22.9. The zero-order valence-corrected chi connectivity index (χ0v) is 21.4. The van der Waals surface area contributed by atoms with Crippen molar-refractivity contribution in [2.45, 2.75) is 122 Å². The van der Waals surface area contributed by atoms with Crippen molar-refractivity contribution in [2.24, 2.45) is 5.92 Å². The van der Waals surface area contributed by atoms with Crippen LogP contribution in [0.1, 0.15) is 104 Å². The molecule has 2 aliphatic heterocycles. The summed E-state index contributed by atoms with van der Waals surface area (Å²) in [5.74, 6) is 0.582. The van der Waals surface area contributed by atoms with Gasteiger partial charge in [-0.05, 0) is 51.4 Å². The molecule has 32 heavy (non-hydrogen) atoms. The van der Waals surface area contributed by atoms with Crippen LogP contribution in [-0.2, 0) is 23.7 Å². The SMILES string of the molecule is CCCCCCCCC(CCCOCC1CO1)C(C)(CCCOCC1CO1)OCCCC. The minimum absolute atomic E-state index is 0.0718. The van der Waals surface area contributed by atoms with E-state index in [2.05, 4.69) is 20.8 Å². The second-order valence-electron chi connectivity index (χ2n) is 10.1. The number of rotatable bonds is 24. The Hall–Kier alpha value is -0.200. The molecule has 0 aromatic heterocycles. The molecule has 0 saturated carbocycles. The minimum atomic E-state index is -0.0718. The fourth-order valence-corrected chi connectivity index (χ4v) is 4.48. The van der Waals surface area contributed by atoms with E-state index in [1.807, 2.05) is 0 Å². The van der Waals surface area contributed by atoms with Gasteiger partial charge >= 0.3 is 0 Å². The number of hydrogen-bond donors (Lipinski definition) is 0. The Morgan fingerprint density at radius 1 is 0.719 bits per heavy atom. The molecule has 190 valence electrons. The van der Waals surface area contributed by atoms with Crippen molar-refractivity contribution in [3.8, 4) is 0 Å². The molecule has 2 rings (SSSR count). The van der Waals surface area contributed by atoms with Crippen LogP contribution >= 0.6 is 0 Å². The third kappa shape index (κ3) is 13.5. The molecule has 2 fully saturated rings. The molecule has 0 aromatic rings. The van der Waals surface area contributed by atoms with E-state index < -0.39 is 0 Å². The third-order valence-electron chi connectivity index (χ3n) is 6.91. The molecule has 2 saturated heterocycles. The van der Waals surface area contributed by atoms with Gasteiger partial charge in [-0.15, -0.1) is 0 Å². The lowest BCUT2D eigenvalue weighted by molar-refractivity contribution is -0.0911. The Bertz CT molecular complexity index is 438. The molecule has 0 spiro atoms. The number of ether oxygens (including phenoxy) is 5. The quantitative estimate of drug-likeness (QED) is 0.126. The first-order valence-electron chi connectivity index (χ1n) is 13.7. The molecule has 2 aliphatic rings. The van der Waals surface area contributed by atoms with E-state index >= 15 is 0 Å². The average Bonchev–Trinajstić information content (AvgIpc) is 3.70. The van der Waals surface area contributed by atoms with Gasteiger partial charge in [0.15, 0.2) is 0 Å². The Balaban J connectivity index is 1.80. The summed E-state index contributed by atoms with van der Waals surface area (Å²) >= 11 is 0. The molecule has 0 radical (unpaired) electrons. The third-order valence-corrected chi connectivity index (χ3v) is 6.91. The monoisotopic (exact) mass is 456 g/mol. The van der Waals surface area contributed by atoms with Gasteiger partial charge in [0.25, 0.3) is 0 Å². The number of unbranched alkanes of at least 4 members (excludes halogenated alkanes) is 6. The highest BCUT2D eigenvalue weighted by Crippen LogP contribution is 2.35. The summed E-state index contributed by atoms with van der Waals surface area (Å²) in [5.41, 5.74) is -0.0718. The summed E-state index contributed by atoms with van der Waals surface area (Å²) in [5, 5.41) is 0. The molecular weight excluding hydrogens is 404 g/mol. The molecule has 2 heterocycles. The van der Waals surface area contributed by atoms with Crippen molar-refractivity contribution in [2.75, 3.05) is 46.2 Å². The Kier molecular flexibility index (Phi) is 15.1. The van der Waals surface area contributed by atoms with Gasteiger partial charge in [0, 0.05) is 19.8 Å². The summed E-state index contributed by atoms with van der Waals surface area (Å²) in [4.78, 5) is 0. The van der Waals surface area contributed by atoms with Gasteiger partial charge < -0.3 is 23.7 Å². The first-order chi connectivity index (χ1) is 15.7. The fourth-order valence-electron chi connectivity index (χ4n) is 4.48. The normalized spacial score (nSPS) is 22.6. The molecule has 4 unspecified atom stereocenters. The smallest absolute Gasteiger partial charge is 0.104 e. The van der Waals surface area contributed by atoms with Crippen LogP contribution in [0.4, 0.5) is 0 Å². The van der Waals surface area contributed by atoms with Crippen molar-refractivity contribution < 1.29 is 23.7 Å². The average molecular weight is 457 g/mol. The van der Waals surface area contributed by atoms with Gasteiger partial charge in [0.2, 0.25) is 0 Å². The van der Waals surface area contributed by atoms with Gasteiger partial charge in [-0.2, -0.15) is 0 Å². The van der Waals surface area contributed by atoms with Crippen molar-refractivity contribution >= 4 is 0 Å². The highest BCUT2D eigenvalue weighted by molar-refractivity contribution is 4.85. The van der Waals surface area contributed by atoms with Gasteiger partial charge in [0.05, 0.1) is 32.0 Å². The summed E-state index contributed by atoms with van der Waals surface area (Å²) in [6.07, 6.45) is 16.8. The largest absolute Gasteiger partial charge is 0.379 e. The molecule has 0 bridgehead atoms. The molecule has 5 heteroatoms. The number of hydrogen-bond acceptors (Lipinski definition) is 5. The summed E-state index contributed by atoms with van der Waals surface area (Å²) in [6.45, 7) is 12.6. The Morgan fingerprint density at radius 3 is 1.91 bits per heavy atom. The molecule has 0 aliphatic carbocycles. The predicted molar refractivity (Wildman–Crippen MR) is 130 cm³/mol. The van der Waals surface area contributed by atoms with Crippen LogP contribution in [0.15, 0.2) is 0 Å². The van der Waals surface area contributed by atoms with E-state index in [1.165, 1.54) is 57.8 Å². The van der Waals surface area contributed by atoms with Crippen molar-refractivity contribution in [1.29, 1.82) is 0 Å². The molecule has 0 N–H and O–H groups in total. The summed E-state index contributed by atoms with van der Waals surface area (Å²) in [6, 6.07) is 0. The maximum atomic E-state index is 6.63. The van der Waals surface area contributed by atoms with E-state index in [4.69, 9.17) is 23.7 Å². The van der Waals surface area contributed by atoms with E-state index in [-0.39, 0.29) is 5.60 Å². The maximum Gasteiger partial charge on any atom is 0.104 e. The van der Waals surface area contributed by atoms with Crippen LogP contribution in [-0.4, -0.2) is 64.1 Å². The first kappa shape index (κ1) is 28.0. The van der Waals surface area contributed by atoms with Gasteiger partial charge in [-0.3, -0.25) is 0 Å². The second kappa shape index (κ2) is 17.3. The molecule has 0 aromatic carbocycles. The van der Waals surface area contributed by atoms with Crippen LogP contribution in [0.5, 0.6) is 0 Å². The van der Waals surface area contributed by atoms with E-state index in [0.29, 0.717) is 18.1 Å². The van der Waals surface area contributed by atoms with Crippen molar-refractivity contribution in [1.82, 2.24) is 0 Å². The summed E-state index contributed by atoms with van der Waals surface area (Å²) in [7, 11) is 0. The van der Waals surface area contributed by atoms with Crippen LogP contribution < -0.4 is 0 Å². The lowest BCUT2D eigenvalue weighted by Crippen LogP contribution is -2.39. The predicted octanol–water partition coefficient (Wildman–Crippen LogP) is 6.32. The van der Waals surface area contributed by atoms with Crippen molar-refractivity contribution in [3.05, 3.63) is 0 Å². The van der Waals surface area contributed by atoms with E-state index in [9.17, 15) is 0 Å². The summed E-state index contributed by atoms with van der Waals surface area (Å²) < 4.78 is 28.8. The van der Waals surface area contributed by atoms with Gasteiger partial charge in [-0.1, -0.05) is 58.8 Å². The van der Waals surface area contributed by atoms with Gasteiger partial charge in [0.1, 0.15) is 12.2 Å². The zero-order valence-electron chi connectivity index (χ0n) is 21.4. The topological polar surface area (TPSA) is 52.8 Å². The maximum absolute atomic E-state index is 6.63. The van der Waals surface area contributed by atoms with Crippen LogP contribution in [0.2, 0.25) is 0 Å². The lowest BCUT2D eigenvalue weighted by Gasteiger charge is -2.38. The first-order valence-corrected chi connectivity index (χ1v) is 13.7.